The molecule has 2 aliphatic rings. The molecule has 0 aromatic heterocycles. The minimum Gasteiger partial charge on any atom is -0.315 e. The molecule has 2 aliphatic heterocycles. The highest BCUT2D eigenvalue weighted by atomic mass is 35.5. The van der Waals surface area contributed by atoms with E-state index in [9.17, 15) is 4.79 Å². The minimum absolute atomic E-state index is 0. The number of nitrogens with zero attached hydrogens (tertiary/aromatic N) is 1. The molecule has 0 aliphatic carbocycles. The van der Waals surface area contributed by atoms with E-state index < -0.39 is 0 Å². The number of amides is 1. The van der Waals surface area contributed by atoms with Crippen LogP contribution < -0.4 is 10.2 Å². The molecule has 1 atom stereocenters. The number of para-hydroxylation sites is 1. The van der Waals surface area contributed by atoms with Gasteiger partial charge in [-0.2, -0.15) is 0 Å². The highest BCUT2D eigenvalue weighted by Gasteiger charge is 2.50. The van der Waals surface area contributed by atoms with E-state index in [2.05, 4.69) is 30.4 Å². The lowest BCUT2D eigenvalue weighted by Crippen LogP contribution is -2.50. The molecule has 1 aromatic rings. The Balaban J connectivity index is 0.00000133. The summed E-state index contributed by atoms with van der Waals surface area (Å²) in [5.41, 5.74) is 2.08. The largest absolute Gasteiger partial charge is 0.315 e. The first kappa shape index (κ1) is 14.4. The van der Waals surface area contributed by atoms with Gasteiger partial charge in [0.2, 0.25) is 5.91 Å². The number of hydrogen-bond acceptors (Lipinski definition) is 2. The summed E-state index contributed by atoms with van der Waals surface area (Å²) in [5, 5.41) is 3.40. The predicted octanol–water partition coefficient (Wildman–Crippen LogP) is 2.49. The van der Waals surface area contributed by atoms with E-state index in [0.29, 0.717) is 5.91 Å². The molecule has 104 valence electrons. The molecule has 0 unspecified atom stereocenters. The lowest BCUT2D eigenvalue weighted by molar-refractivity contribution is -0.123. The summed E-state index contributed by atoms with van der Waals surface area (Å²) in [5.74, 6) is 0.303. The highest BCUT2D eigenvalue weighted by molar-refractivity contribution is 6.08. The third kappa shape index (κ3) is 2.05. The summed E-state index contributed by atoms with van der Waals surface area (Å²) in [6.45, 7) is 4.78. The van der Waals surface area contributed by atoms with Gasteiger partial charge in [-0.25, -0.2) is 0 Å². The number of carbonyl (C=O) groups excluding carboxylic acids is 1. The number of fused-ring (bicyclic) bond motifs is 2. The SMILES string of the molecule is CCCN1C(=O)[C@]2(CCCNC2)c2ccccc21.Cl. The van der Waals surface area contributed by atoms with Crippen LogP contribution in [0.1, 0.15) is 31.7 Å². The third-order valence-corrected chi connectivity index (χ3v) is 4.20. The molecule has 3 nitrogen and oxygen atoms in total. The summed E-state index contributed by atoms with van der Waals surface area (Å²) >= 11 is 0. The molecular weight excluding hydrogens is 260 g/mol. The van der Waals surface area contributed by atoms with E-state index in [1.807, 2.05) is 11.0 Å². The van der Waals surface area contributed by atoms with E-state index in [-0.39, 0.29) is 17.8 Å². The molecule has 19 heavy (non-hydrogen) atoms. The normalized spacial score (nSPS) is 25.3. The first-order valence-corrected chi connectivity index (χ1v) is 6.92. The van der Waals surface area contributed by atoms with Crippen LogP contribution in [0.4, 0.5) is 5.69 Å². The number of nitrogens with one attached hydrogen (secondary N) is 1. The van der Waals surface area contributed by atoms with Gasteiger partial charge in [0.25, 0.3) is 0 Å². The van der Waals surface area contributed by atoms with E-state index in [4.69, 9.17) is 0 Å². The molecule has 1 saturated heterocycles. The lowest BCUT2D eigenvalue weighted by atomic mass is 9.76. The van der Waals surface area contributed by atoms with Gasteiger partial charge in [-0.3, -0.25) is 4.79 Å². The monoisotopic (exact) mass is 280 g/mol. The third-order valence-electron chi connectivity index (χ3n) is 4.20. The Labute approximate surface area is 120 Å². The molecule has 0 radical (unpaired) electrons. The second-order valence-corrected chi connectivity index (χ2v) is 5.34. The zero-order chi connectivity index (χ0) is 12.6. The number of piperidine rings is 1. The smallest absolute Gasteiger partial charge is 0.239 e. The van der Waals surface area contributed by atoms with E-state index in [1.54, 1.807) is 0 Å². The summed E-state index contributed by atoms with van der Waals surface area (Å²) < 4.78 is 0. The molecule has 2 heterocycles. The maximum Gasteiger partial charge on any atom is 0.239 e. The van der Waals surface area contributed by atoms with Gasteiger partial charge in [-0.1, -0.05) is 25.1 Å². The summed E-state index contributed by atoms with van der Waals surface area (Å²) in [4.78, 5) is 14.8. The Morgan fingerprint density at radius 1 is 1.37 bits per heavy atom. The van der Waals surface area contributed by atoms with Gasteiger partial charge in [-0.15, -0.1) is 12.4 Å². The van der Waals surface area contributed by atoms with Crippen molar-refractivity contribution in [1.82, 2.24) is 5.32 Å². The van der Waals surface area contributed by atoms with Gasteiger partial charge in [0.05, 0.1) is 5.41 Å². The van der Waals surface area contributed by atoms with E-state index in [1.165, 1.54) is 5.56 Å². The van der Waals surface area contributed by atoms with Crippen molar-refractivity contribution < 1.29 is 4.79 Å². The fourth-order valence-electron chi connectivity index (χ4n) is 3.36. The van der Waals surface area contributed by atoms with Crippen molar-refractivity contribution in [3.05, 3.63) is 29.8 Å². The maximum absolute atomic E-state index is 12.8. The van der Waals surface area contributed by atoms with E-state index >= 15 is 0 Å². The fourth-order valence-corrected chi connectivity index (χ4v) is 3.36. The molecule has 3 rings (SSSR count). The van der Waals surface area contributed by atoms with Crippen LogP contribution in [0.2, 0.25) is 0 Å². The predicted molar refractivity (Wildman–Crippen MR) is 80.1 cm³/mol. The van der Waals surface area contributed by atoms with Crippen LogP contribution >= 0.6 is 12.4 Å². The van der Waals surface area contributed by atoms with Gasteiger partial charge in [0, 0.05) is 18.8 Å². The molecular formula is C15H21ClN2O. The van der Waals surface area contributed by atoms with Gasteiger partial charge in [-0.05, 0) is 37.4 Å². The minimum atomic E-state index is -0.288. The number of benzene rings is 1. The van der Waals surface area contributed by atoms with Crippen molar-refractivity contribution in [2.45, 2.75) is 31.6 Å². The maximum atomic E-state index is 12.8. The van der Waals surface area contributed by atoms with Gasteiger partial charge < -0.3 is 10.2 Å². The number of rotatable bonds is 2. The first-order chi connectivity index (χ1) is 8.79. The number of anilines is 1. The average molecular weight is 281 g/mol. The van der Waals surface area contributed by atoms with Crippen molar-refractivity contribution in [3.8, 4) is 0 Å². The van der Waals surface area contributed by atoms with E-state index in [0.717, 1.165) is 44.6 Å². The summed E-state index contributed by atoms with van der Waals surface area (Å²) in [7, 11) is 0. The Bertz CT molecular complexity index is 469. The lowest BCUT2D eigenvalue weighted by Gasteiger charge is -2.33. The van der Waals surface area contributed by atoms with Crippen molar-refractivity contribution in [3.63, 3.8) is 0 Å². The van der Waals surface area contributed by atoms with Gasteiger partial charge in [0.15, 0.2) is 0 Å². The highest BCUT2D eigenvalue weighted by Crippen LogP contribution is 2.45. The summed E-state index contributed by atoms with van der Waals surface area (Å²) in [6.07, 6.45) is 3.07. The Kier molecular flexibility index (Phi) is 4.16. The van der Waals surface area contributed by atoms with Crippen molar-refractivity contribution in [2.75, 3.05) is 24.5 Å². The topological polar surface area (TPSA) is 32.3 Å². The molecule has 1 N–H and O–H groups in total. The van der Waals surface area contributed by atoms with Gasteiger partial charge in [0.1, 0.15) is 0 Å². The van der Waals surface area contributed by atoms with Crippen LogP contribution in [0.25, 0.3) is 0 Å². The average Bonchev–Trinajstić information content (AvgIpc) is 2.64. The summed E-state index contributed by atoms with van der Waals surface area (Å²) in [6, 6.07) is 8.31. The molecule has 1 fully saturated rings. The van der Waals surface area contributed by atoms with Crippen LogP contribution in [0.15, 0.2) is 24.3 Å². The van der Waals surface area contributed by atoms with Crippen molar-refractivity contribution in [1.29, 1.82) is 0 Å². The zero-order valence-electron chi connectivity index (χ0n) is 11.3. The zero-order valence-corrected chi connectivity index (χ0v) is 12.1. The fraction of sp³-hybridized carbons (Fsp3) is 0.533. The Morgan fingerprint density at radius 3 is 2.84 bits per heavy atom. The Hall–Kier alpha value is -1.06. The quantitative estimate of drug-likeness (QED) is 0.903. The van der Waals surface area contributed by atoms with Crippen LogP contribution in [-0.4, -0.2) is 25.5 Å². The van der Waals surface area contributed by atoms with Crippen LogP contribution in [0.3, 0.4) is 0 Å². The molecule has 1 amide bonds. The van der Waals surface area contributed by atoms with Crippen LogP contribution in [0.5, 0.6) is 0 Å². The molecule has 0 saturated carbocycles. The second kappa shape index (κ2) is 5.51. The standard InChI is InChI=1S/C15H20N2O.ClH/c1-2-10-17-13-7-4-3-6-12(13)15(14(17)18)8-5-9-16-11-15;/h3-4,6-7,16H,2,5,8-11H2,1H3;1H/t15-;/m0./s1. The molecule has 0 bridgehead atoms. The second-order valence-electron chi connectivity index (χ2n) is 5.34. The number of hydrogen-bond donors (Lipinski definition) is 1. The Morgan fingerprint density at radius 2 is 2.16 bits per heavy atom. The van der Waals surface area contributed by atoms with Crippen molar-refractivity contribution >= 4 is 24.0 Å². The van der Waals surface area contributed by atoms with Crippen LogP contribution in [0, 0.1) is 0 Å². The molecule has 4 heteroatoms. The number of halogens is 1. The first-order valence-electron chi connectivity index (χ1n) is 6.92. The van der Waals surface area contributed by atoms with Gasteiger partial charge >= 0.3 is 0 Å². The molecule has 1 aromatic carbocycles. The molecule has 1 spiro atoms. The number of carbonyl (C=O) groups is 1. The van der Waals surface area contributed by atoms with Crippen LogP contribution in [-0.2, 0) is 10.2 Å². The van der Waals surface area contributed by atoms with Crippen molar-refractivity contribution in [2.24, 2.45) is 0 Å².